The number of unbranched alkanes of at least 4 members (excludes halogenated alkanes) is 3. The number of aromatic nitrogens is 3. The number of nitrogens with zero attached hydrogens (tertiary/aromatic N) is 4. The van der Waals surface area contributed by atoms with Crippen molar-refractivity contribution >= 4 is 5.69 Å². The van der Waals surface area contributed by atoms with Crippen LogP contribution in [0.2, 0.25) is 0 Å². The molecule has 136 valence electrons. The van der Waals surface area contributed by atoms with Gasteiger partial charge in [-0.3, -0.25) is 10.1 Å². The fraction of sp³-hybridized carbons (Fsp3) is 0.556. The van der Waals surface area contributed by atoms with E-state index < -0.39 is 4.92 Å². The first-order valence-corrected chi connectivity index (χ1v) is 8.82. The third-order valence-corrected chi connectivity index (χ3v) is 4.31. The third-order valence-electron chi connectivity index (χ3n) is 4.31. The van der Waals surface area contributed by atoms with Crippen LogP contribution in [0.4, 0.5) is 5.69 Å². The summed E-state index contributed by atoms with van der Waals surface area (Å²) in [6.07, 6.45) is 7.62. The number of hydrogen-bond donors (Lipinski definition) is 1. The molecule has 0 bridgehead atoms. The molecule has 0 radical (unpaired) electrons. The Kier molecular flexibility index (Phi) is 7.06. The topological polar surface area (TPSA) is 94.1 Å². The molecule has 0 aliphatic heterocycles. The Morgan fingerprint density at radius 1 is 1.32 bits per heavy atom. The predicted molar refractivity (Wildman–Crippen MR) is 95.6 cm³/mol. The summed E-state index contributed by atoms with van der Waals surface area (Å²) in [4.78, 5) is 10.8. The van der Waals surface area contributed by atoms with E-state index in [0.29, 0.717) is 12.1 Å². The second-order valence-corrected chi connectivity index (χ2v) is 6.45. The van der Waals surface area contributed by atoms with Gasteiger partial charge in [-0.05, 0) is 24.5 Å². The molecule has 1 atom stereocenters. The van der Waals surface area contributed by atoms with Crippen molar-refractivity contribution in [2.24, 2.45) is 0 Å². The van der Waals surface area contributed by atoms with Gasteiger partial charge in [-0.1, -0.05) is 44.4 Å². The van der Waals surface area contributed by atoms with Gasteiger partial charge >= 0.3 is 0 Å². The zero-order valence-electron chi connectivity index (χ0n) is 14.9. The summed E-state index contributed by atoms with van der Waals surface area (Å²) in [5.74, 6) is -0.287. The maximum atomic E-state index is 11.2. The third kappa shape index (κ3) is 5.35. The lowest BCUT2D eigenvalue weighted by molar-refractivity contribution is -0.385. The number of rotatable bonds is 10. The summed E-state index contributed by atoms with van der Waals surface area (Å²) >= 11 is 0. The van der Waals surface area contributed by atoms with Gasteiger partial charge in [-0.15, -0.1) is 5.10 Å². The molecule has 0 amide bonds. The molecule has 0 fully saturated rings. The zero-order chi connectivity index (χ0) is 18.2. The van der Waals surface area contributed by atoms with Crippen LogP contribution >= 0.6 is 0 Å². The Labute approximate surface area is 147 Å². The number of hydrogen-bond acceptors (Lipinski definition) is 5. The van der Waals surface area contributed by atoms with Crippen molar-refractivity contribution in [3.8, 4) is 0 Å². The molecular formula is C18H26N4O3. The number of nitro groups is 1. The van der Waals surface area contributed by atoms with Crippen LogP contribution in [0.3, 0.4) is 0 Å². The highest BCUT2D eigenvalue weighted by atomic mass is 16.6. The van der Waals surface area contributed by atoms with E-state index >= 15 is 0 Å². The lowest BCUT2D eigenvalue weighted by atomic mass is 9.97. The molecule has 1 aromatic carbocycles. The van der Waals surface area contributed by atoms with Crippen LogP contribution in [0.1, 0.15) is 62.3 Å². The Balaban J connectivity index is 2.07. The monoisotopic (exact) mass is 346 g/mol. The summed E-state index contributed by atoms with van der Waals surface area (Å²) < 4.78 is 1.75. The number of benzene rings is 1. The molecule has 2 aromatic rings. The first kappa shape index (κ1) is 19.1. The van der Waals surface area contributed by atoms with Gasteiger partial charge in [0, 0.05) is 30.4 Å². The van der Waals surface area contributed by atoms with Gasteiger partial charge in [-0.25, -0.2) is 4.68 Å². The summed E-state index contributed by atoms with van der Waals surface area (Å²) in [7, 11) is 0. The lowest BCUT2D eigenvalue weighted by Crippen LogP contribution is -2.06. The van der Waals surface area contributed by atoms with E-state index in [1.54, 1.807) is 23.7 Å². The molecule has 7 nitrogen and oxygen atoms in total. The van der Waals surface area contributed by atoms with Crippen molar-refractivity contribution < 1.29 is 10.0 Å². The quantitative estimate of drug-likeness (QED) is 0.404. The average Bonchev–Trinajstić information content (AvgIpc) is 3.05. The standard InChI is InChI=1S/C18H26N4O3/c1-3-4-5-6-7-16-12-21(20-19-16)11-15-8-9-18(22(24)25)17(10-15)14(2)13-23/h8-10,12,14,23H,3-7,11,13H2,1-2H3. The van der Waals surface area contributed by atoms with Crippen LogP contribution in [0.15, 0.2) is 24.4 Å². The van der Waals surface area contributed by atoms with Crippen molar-refractivity contribution in [3.63, 3.8) is 0 Å². The Morgan fingerprint density at radius 2 is 2.12 bits per heavy atom. The van der Waals surface area contributed by atoms with E-state index in [4.69, 9.17) is 0 Å². The Hall–Kier alpha value is -2.28. The molecule has 0 saturated heterocycles. The van der Waals surface area contributed by atoms with Crippen molar-refractivity contribution in [1.82, 2.24) is 15.0 Å². The van der Waals surface area contributed by atoms with Crippen LogP contribution in [0.5, 0.6) is 0 Å². The van der Waals surface area contributed by atoms with Crippen LogP contribution in [0, 0.1) is 10.1 Å². The summed E-state index contributed by atoms with van der Waals surface area (Å²) in [6.45, 7) is 4.34. The minimum Gasteiger partial charge on any atom is -0.396 e. The highest BCUT2D eigenvalue weighted by Crippen LogP contribution is 2.27. The predicted octanol–water partition coefficient (Wildman–Crippen LogP) is 3.45. The van der Waals surface area contributed by atoms with Crippen LogP contribution in [-0.4, -0.2) is 31.6 Å². The van der Waals surface area contributed by atoms with Gasteiger partial charge in [0.05, 0.1) is 17.2 Å². The number of aliphatic hydroxyl groups is 1. The molecule has 0 aliphatic carbocycles. The highest BCUT2D eigenvalue weighted by Gasteiger charge is 2.19. The van der Waals surface area contributed by atoms with Gasteiger partial charge < -0.3 is 5.11 Å². The van der Waals surface area contributed by atoms with Crippen LogP contribution < -0.4 is 0 Å². The largest absolute Gasteiger partial charge is 0.396 e. The van der Waals surface area contributed by atoms with E-state index in [0.717, 1.165) is 24.1 Å². The molecule has 0 saturated carbocycles. The van der Waals surface area contributed by atoms with Crippen molar-refractivity contribution in [2.45, 2.75) is 58.4 Å². The van der Waals surface area contributed by atoms with Crippen molar-refractivity contribution in [2.75, 3.05) is 6.61 Å². The molecule has 2 rings (SSSR count). The van der Waals surface area contributed by atoms with E-state index in [1.165, 1.54) is 25.3 Å². The highest BCUT2D eigenvalue weighted by molar-refractivity contribution is 5.45. The molecule has 1 unspecified atom stereocenters. The van der Waals surface area contributed by atoms with E-state index in [-0.39, 0.29) is 18.2 Å². The second-order valence-electron chi connectivity index (χ2n) is 6.45. The fourth-order valence-electron chi connectivity index (χ4n) is 2.81. The summed E-state index contributed by atoms with van der Waals surface area (Å²) in [5.41, 5.74) is 2.47. The maximum absolute atomic E-state index is 11.2. The minimum atomic E-state index is -0.408. The first-order valence-electron chi connectivity index (χ1n) is 8.82. The van der Waals surface area contributed by atoms with Gasteiger partial charge in [0.2, 0.25) is 0 Å². The molecule has 25 heavy (non-hydrogen) atoms. The molecule has 0 spiro atoms. The number of aryl methyl sites for hydroxylation is 1. The Bertz CT molecular complexity index is 699. The van der Waals surface area contributed by atoms with Gasteiger partial charge in [-0.2, -0.15) is 0 Å². The van der Waals surface area contributed by atoms with Crippen LogP contribution in [0.25, 0.3) is 0 Å². The molecule has 1 N–H and O–H groups in total. The van der Waals surface area contributed by atoms with E-state index in [1.807, 2.05) is 6.20 Å². The molecule has 0 aliphatic rings. The summed E-state index contributed by atoms with van der Waals surface area (Å²) in [5, 5.41) is 28.8. The van der Waals surface area contributed by atoms with Crippen molar-refractivity contribution in [3.05, 3.63) is 51.3 Å². The minimum absolute atomic E-state index is 0.0421. The second kappa shape index (κ2) is 9.27. The number of aliphatic hydroxyl groups excluding tert-OH is 1. The smallest absolute Gasteiger partial charge is 0.272 e. The lowest BCUT2D eigenvalue weighted by Gasteiger charge is -2.11. The normalized spacial score (nSPS) is 12.3. The first-order chi connectivity index (χ1) is 12.0. The summed E-state index contributed by atoms with van der Waals surface area (Å²) in [6, 6.07) is 5.01. The van der Waals surface area contributed by atoms with Crippen molar-refractivity contribution in [1.29, 1.82) is 0 Å². The van der Waals surface area contributed by atoms with Gasteiger partial charge in [0.25, 0.3) is 5.69 Å². The molecule has 1 aromatic heterocycles. The fourth-order valence-corrected chi connectivity index (χ4v) is 2.81. The van der Waals surface area contributed by atoms with Gasteiger partial charge in [0.15, 0.2) is 0 Å². The number of nitro benzene ring substituents is 1. The SMILES string of the molecule is CCCCCCc1cn(Cc2ccc([N+](=O)[O-])c(C(C)CO)c2)nn1. The van der Waals surface area contributed by atoms with E-state index in [2.05, 4.69) is 17.2 Å². The zero-order valence-corrected chi connectivity index (χ0v) is 14.9. The molecule has 7 heteroatoms. The van der Waals surface area contributed by atoms with E-state index in [9.17, 15) is 15.2 Å². The maximum Gasteiger partial charge on any atom is 0.272 e. The Morgan fingerprint density at radius 3 is 2.80 bits per heavy atom. The molecular weight excluding hydrogens is 320 g/mol. The van der Waals surface area contributed by atoms with Gasteiger partial charge in [0.1, 0.15) is 0 Å². The van der Waals surface area contributed by atoms with Crippen LogP contribution in [-0.2, 0) is 13.0 Å². The average molecular weight is 346 g/mol. The molecule has 1 heterocycles.